The Balaban J connectivity index is 1.11. The molecule has 0 radical (unpaired) electrons. The molecule has 1 aliphatic carbocycles. The Morgan fingerprint density at radius 3 is 1.73 bits per heavy atom. The molecular weight excluding hydrogens is 731 g/mol. The second-order valence-corrected chi connectivity index (χ2v) is 15.4. The first-order valence-corrected chi connectivity index (χ1v) is 20.3. The van der Waals surface area contributed by atoms with E-state index >= 15 is 0 Å². The first-order chi connectivity index (χ1) is 29.8. The van der Waals surface area contributed by atoms with Gasteiger partial charge in [0, 0.05) is 34.3 Å². The molecule has 0 N–H and O–H groups in total. The molecule has 280 valence electrons. The van der Waals surface area contributed by atoms with Gasteiger partial charge in [0.1, 0.15) is 0 Å². The van der Waals surface area contributed by atoms with Crippen LogP contribution in [0.5, 0.6) is 0 Å². The Kier molecular flexibility index (Phi) is 7.69. The molecule has 5 heteroatoms. The van der Waals surface area contributed by atoms with E-state index in [4.69, 9.17) is 15.0 Å². The Morgan fingerprint density at radius 2 is 0.983 bits per heavy atom. The fourth-order valence-electron chi connectivity index (χ4n) is 9.62. The molecule has 0 fully saturated rings. The van der Waals surface area contributed by atoms with Crippen molar-refractivity contribution in [3.8, 4) is 51.0 Å². The zero-order chi connectivity index (χ0) is 39.6. The number of pyridine rings is 1. The molecule has 1 aliphatic rings. The van der Waals surface area contributed by atoms with Crippen LogP contribution in [-0.2, 0) is 5.41 Å². The van der Waals surface area contributed by atoms with Crippen LogP contribution >= 0.6 is 0 Å². The Morgan fingerprint density at radius 1 is 0.383 bits per heavy atom. The van der Waals surface area contributed by atoms with Crippen molar-refractivity contribution in [3.63, 3.8) is 0 Å². The van der Waals surface area contributed by atoms with Crippen molar-refractivity contribution in [2.45, 2.75) is 5.41 Å². The van der Waals surface area contributed by atoms with E-state index in [1.165, 1.54) is 49.5 Å². The highest BCUT2D eigenvalue weighted by atomic mass is 15.2. The summed E-state index contributed by atoms with van der Waals surface area (Å²) in [5.41, 5.74) is 13.1. The first-order valence-electron chi connectivity index (χ1n) is 20.3. The Bertz CT molecular complexity index is 3320. The van der Waals surface area contributed by atoms with Gasteiger partial charge in [0.2, 0.25) is 5.95 Å². The van der Waals surface area contributed by atoms with E-state index in [1.54, 1.807) is 0 Å². The lowest BCUT2D eigenvalue weighted by atomic mass is 9.68. The number of hydrogen-bond donors (Lipinski definition) is 0. The third-order valence-corrected chi connectivity index (χ3v) is 12.2. The van der Waals surface area contributed by atoms with Gasteiger partial charge in [-0.2, -0.15) is 9.97 Å². The summed E-state index contributed by atoms with van der Waals surface area (Å²) in [7, 11) is 0. The number of nitrogens with zero attached hydrogens (tertiary/aromatic N) is 5. The molecule has 1 unspecified atom stereocenters. The van der Waals surface area contributed by atoms with Gasteiger partial charge in [0.05, 0.1) is 16.4 Å². The van der Waals surface area contributed by atoms with E-state index in [2.05, 4.69) is 173 Å². The molecule has 0 saturated heterocycles. The maximum atomic E-state index is 5.24. The van der Waals surface area contributed by atoms with Crippen molar-refractivity contribution in [2.24, 2.45) is 0 Å². The maximum Gasteiger partial charge on any atom is 0.238 e. The molecule has 3 heterocycles. The summed E-state index contributed by atoms with van der Waals surface area (Å²) in [6, 6.07) is 71.3. The summed E-state index contributed by atoms with van der Waals surface area (Å²) in [4.78, 5) is 19.9. The first kappa shape index (κ1) is 34.1. The molecule has 60 heavy (non-hydrogen) atoms. The summed E-state index contributed by atoms with van der Waals surface area (Å²) in [6.07, 6.45) is 3.81. The Hall–Kier alpha value is -8.02. The van der Waals surface area contributed by atoms with Crippen LogP contribution in [-0.4, -0.2) is 24.5 Å². The van der Waals surface area contributed by atoms with Gasteiger partial charge in [-0.25, -0.2) is 4.98 Å². The van der Waals surface area contributed by atoms with Crippen LogP contribution in [0.3, 0.4) is 0 Å². The lowest BCUT2D eigenvalue weighted by Gasteiger charge is -2.33. The largest absolute Gasteiger partial charge is 0.278 e. The van der Waals surface area contributed by atoms with Crippen molar-refractivity contribution in [1.29, 1.82) is 0 Å². The fourth-order valence-corrected chi connectivity index (χ4v) is 9.62. The molecule has 8 aromatic carbocycles. The third-order valence-electron chi connectivity index (χ3n) is 12.2. The number of hydrogen-bond acceptors (Lipinski definition) is 4. The number of benzene rings is 8. The summed E-state index contributed by atoms with van der Waals surface area (Å²) in [6.45, 7) is 0. The summed E-state index contributed by atoms with van der Waals surface area (Å²) in [5, 5.41) is 4.69. The van der Waals surface area contributed by atoms with Crippen LogP contribution < -0.4 is 0 Å². The molecule has 0 aliphatic heterocycles. The van der Waals surface area contributed by atoms with E-state index in [0.717, 1.165) is 38.7 Å². The molecule has 1 atom stereocenters. The quantitative estimate of drug-likeness (QED) is 0.169. The summed E-state index contributed by atoms with van der Waals surface area (Å²) >= 11 is 0. The van der Waals surface area contributed by atoms with Gasteiger partial charge in [-0.1, -0.05) is 170 Å². The minimum atomic E-state index is -0.488. The second-order valence-electron chi connectivity index (χ2n) is 15.4. The predicted molar refractivity (Wildman–Crippen MR) is 243 cm³/mol. The van der Waals surface area contributed by atoms with Gasteiger partial charge in [-0.3, -0.25) is 9.55 Å². The predicted octanol–water partition coefficient (Wildman–Crippen LogP) is 12.9. The maximum absolute atomic E-state index is 5.24. The van der Waals surface area contributed by atoms with Gasteiger partial charge >= 0.3 is 0 Å². The van der Waals surface area contributed by atoms with Crippen molar-refractivity contribution in [2.75, 3.05) is 0 Å². The standard InChI is InChI=1S/C55H35N5/c1-4-15-37(16-5-1)52-57-53(38-17-6-2-7-18-38)59-54(58-52)60-49-29-26-36-14-10-11-21-43(36)51(49)45-27-24-40(35-50(45)60)39-25-28-48-46(34-39)44-22-12-13-23-47(44)55(48,41-19-8-3-9-20-41)42-30-32-56-33-31-42/h1-35H. The smallest absolute Gasteiger partial charge is 0.238 e. The third kappa shape index (κ3) is 5.12. The lowest BCUT2D eigenvalue weighted by molar-refractivity contribution is 0.766. The molecular formula is C55H35N5. The minimum Gasteiger partial charge on any atom is -0.278 e. The van der Waals surface area contributed by atoms with Crippen molar-refractivity contribution in [1.82, 2.24) is 24.5 Å². The highest BCUT2D eigenvalue weighted by Crippen LogP contribution is 2.56. The lowest BCUT2D eigenvalue weighted by Crippen LogP contribution is -2.28. The highest BCUT2D eigenvalue weighted by Gasteiger charge is 2.46. The Labute approximate surface area is 347 Å². The van der Waals surface area contributed by atoms with E-state index in [9.17, 15) is 0 Å². The summed E-state index contributed by atoms with van der Waals surface area (Å²) < 4.78 is 2.23. The molecule has 5 nitrogen and oxygen atoms in total. The monoisotopic (exact) mass is 765 g/mol. The molecule has 12 rings (SSSR count). The fraction of sp³-hybridized carbons (Fsp3) is 0.0182. The highest BCUT2D eigenvalue weighted by molar-refractivity contribution is 6.21. The van der Waals surface area contributed by atoms with Crippen molar-refractivity contribution >= 4 is 32.6 Å². The van der Waals surface area contributed by atoms with Gasteiger partial charge in [-0.15, -0.1) is 0 Å². The second kappa shape index (κ2) is 13.5. The van der Waals surface area contributed by atoms with E-state index in [-0.39, 0.29) is 0 Å². The number of aromatic nitrogens is 5. The van der Waals surface area contributed by atoms with Crippen LogP contribution in [0.15, 0.2) is 213 Å². The molecule has 11 aromatic rings. The summed E-state index contributed by atoms with van der Waals surface area (Å²) in [5.74, 6) is 1.82. The molecule has 0 spiro atoms. The van der Waals surface area contributed by atoms with Crippen LogP contribution in [0, 0.1) is 0 Å². The van der Waals surface area contributed by atoms with Gasteiger partial charge in [0.25, 0.3) is 0 Å². The van der Waals surface area contributed by atoms with Gasteiger partial charge in [0.15, 0.2) is 11.6 Å². The van der Waals surface area contributed by atoms with E-state index < -0.39 is 5.41 Å². The number of fused-ring (bicyclic) bond motifs is 8. The van der Waals surface area contributed by atoms with Crippen LogP contribution in [0.4, 0.5) is 0 Å². The molecule has 0 amide bonds. The zero-order valence-corrected chi connectivity index (χ0v) is 32.4. The molecule has 0 saturated carbocycles. The van der Waals surface area contributed by atoms with Crippen LogP contribution in [0.1, 0.15) is 22.3 Å². The van der Waals surface area contributed by atoms with Crippen molar-refractivity contribution in [3.05, 3.63) is 235 Å². The molecule has 3 aromatic heterocycles. The molecule has 0 bridgehead atoms. The zero-order valence-electron chi connectivity index (χ0n) is 32.4. The SMILES string of the molecule is c1ccc(-c2nc(-c3ccccc3)nc(-n3c4cc(-c5ccc6c(c5)-c5ccccc5C6(c5ccccc5)c5ccncc5)ccc4c4c5ccccc5ccc43)n2)cc1. The minimum absolute atomic E-state index is 0.488. The van der Waals surface area contributed by atoms with Crippen LogP contribution in [0.2, 0.25) is 0 Å². The normalized spacial score (nSPS) is 14.4. The topological polar surface area (TPSA) is 56.5 Å². The average Bonchev–Trinajstić information content (AvgIpc) is 3.83. The number of rotatable bonds is 6. The van der Waals surface area contributed by atoms with Gasteiger partial charge in [-0.05, 0) is 85.6 Å². The van der Waals surface area contributed by atoms with Gasteiger partial charge < -0.3 is 0 Å². The average molecular weight is 766 g/mol. The van der Waals surface area contributed by atoms with E-state index in [1.807, 2.05) is 48.8 Å². The van der Waals surface area contributed by atoms with Crippen molar-refractivity contribution < 1.29 is 0 Å². The van der Waals surface area contributed by atoms with E-state index in [0.29, 0.717) is 17.6 Å². The van der Waals surface area contributed by atoms with Crippen LogP contribution in [0.25, 0.3) is 83.6 Å².